The third kappa shape index (κ3) is 7.71. The Morgan fingerprint density at radius 1 is 0.976 bits per heavy atom. The molecule has 0 spiro atoms. The normalized spacial score (nSPS) is 11.9. The number of sulfonamides is 1. The van der Waals surface area contributed by atoms with Crippen molar-refractivity contribution in [2.24, 2.45) is 0 Å². The summed E-state index contributed by atoms with van der Waals surface area (Å²) in [6, 6.07) is 17.1. The van der Waals surface area contributed by atoms with Crippen LogP contribution in [0.25, 0.3) is 0 Å². The van der Waals surface area contributed by atoms with Gasteiger partial charge in [-0.2, -0.15) is 0 Å². The molecular weight excluding hydrogens is 566 g/mol. The summed E-state index contributed by atoms with van der Waals surface area (Å²) < 4.78 is 39.7. The number of halogens is 1. The lowest BCUT2D eigenvalue weighted by Gasteiger charge is -2.32. The van der Waals surface area contributed by atoms with Crippen molar-refractivity contribution in [3.8, 4) is 11.5 Å². The van der Waals surface area contributed by atoms with E-state index < -0.39 is 28.5 Å². The van der Waals surface area contributed by atoms with E-state index in [9.17, 15) is 18.0 Å². The molecule has 1 N–H and O–H groups in total. The van der Waals surface area contributed by atoms with Gasteiger partial charge in [0.05, 0.1) is 24.8 Å². The molecule has 11 heteroatoms. The highest BCUT2D eigenvalue weighted by atomic mass is 35.5. The number of ether oxygens (including phenoxy) is 2. The molecule has 3 rings (SSSR count). The molecule has 0 saturated heterocycles. The average Bonchev–Trinajstić information content (AvgIpc) is 2.97. The number of carbonyl (C=O) groups is 2. The summed E-state index contributed by atoms with van der Waals surface area (Å²) in [5.74, 6) is -0.250. The van der Waals surface area contributed by atoms with Crippen molar-refractivity contribution < 1.29 is 27.5 Å². The summed E-state index contributed by atoms with van der Waals surface area (Å²) in [5.41, 5.74) is 1.70. The second kappa shape index (κ2) is 14.2. The number of methoxy groups -OCH3 is 2. The van der Waals surface area contributed by atoms with Crippen molar-refractivity contribution in [2.45, 2.75) is 44.7 Å². The number of carbonyl (C=O) groups excluding carboxylic acids is 2. The SMILES string of the molecule is CCCNC(=O)[C@H](C)N(Cc1ccccc1Cl)C(=O)CN(c1ccc(OC)c(OC)c1)S(=O)(=O)c1ccc(C)cc1. The number of rotatable bonds is 13. The van der Waals surface area contributed by atoms with Crippen LogP contribution in [0.2, 0.25) is 5.02 Å². The van der Waals surface area contributed by atoms with Crippen LogP contribution in [-0.2, 0) is 26.2 Å². The van der Waals surface area contributed by atoms with Gasteiger partial charge in [-0.25, -0.2) is 8.42 Å². The Hall–Kier alpha value is -3.76. The van der Waals surface area contributed by atoms with Crippen LogP contribution >= 0.6 is 11.6 Å². The average molecular weight is 602 g/mol. The molecule has 3 aromatic carbocycles. The third-order valence-corrected chi connectivity index (χ3v) is 8.71. The van der Waals surface area contributed by atoms with Gasteiger partial charge in [-0.15, -0.1) is 0 Å². The lowest BCUT2D eigenvalue weighted by atomic mass is 10.1. The van der Waals surface area contributed by atoms with Gasteiger partial charge in [-0.3, -0.25) is 13.9 Å². The van der Waals surface area contributed by atoms with E-state index in [4.69, 9.17) is 21.1 Å². The minimum atomic E-state index is -4.22. The van der Waals surface area contributed by atoms with Gasteiger partial charge in [0.25, 0.3) is 10.0 Å². The van der Waals surface area contributed by atoms with Gasteiger partial charge in [0.1, 0.15) is 12.6 Å². The van der Waals surface area contributed by atoms with Gasteiger partial charge in [0.15, 0.2) is 11.5 Å². The van der Waals surface area contributed by atoms with Crippen molar-refractivity contribution in [1.29, 1.82) is 0 Å². The number of aryl methyl sites for hydroxylation is 1. The lowest BCUT2D eigenvalue weighted by Crippen LogP contribution is -2.51. The molecule has 41 heavy (non-hydrogen) atoms. The van der Waals surface area contributed by atoms with E-state index in [1.165, 1.54) is 43.4 Å². The van der Waals surface area contributed by atoms with Gasteiger partial charge in [-0.05, 0) is 56.2 Å². The van der Waals surface area contributed by atoms with Crippen molar-refractivity contribution in [3.05, 3.63) is 82.9 Å². The van der Waals surface area contributed by atoms with E-state index in [2.05, 4.69) is 5.32 Å². The molecular formula is C30H36ClN3O6S. The van der Waals surface area contributed by atoms with Crippen LogP contribution in [-0.4, -0.2) is 58.5 Å². The van der Waals surface area contributed by atoms with Crippen LogP contribution in [0.4, 0.5) is 5.69 Å². The van der Waals surface area contributed by atoms with Gasteiger partial charge in [0, 0.05) is 24.2 Å². The van der Waals surface area contributed by atoms with Crippen molar-refractivity contribution in [1.82, 2.24) is 10.2 Å². The monoisotopic (exact) mass is 601 g/mol. The summed E-state index contributed by atoms with van der Waals surface area (Å²) in [5, 5.41) is 3.24. The van der Waals surface area contributed by atoms with Gasteiger partial charge in [0.2, 0.25) is 11.8 Å². The molecule has 0 aromatic heterocycles. The molecule has 0 bridgehead atoms. The number of nitrogens with zero attached hydrogens (tertiary/aromatic N) is 2. The molecule has 0 aliphatic carbocycles. The first-order valence-electron chi connectivity index (χ1n) is 13.2. The maximum absolute atomic E-state index is 14.0. The van der Waals surface area contributed by atoms with Gasteiger partial charge in [-0.1, -0.05) is 54.4 Å². The van der Waals surface area contributed by atoms with Crippen molar-refractivity contribution in [3.63, 3.8) is 0 Å². The Bertz CT molecular complexity index is 1460. The van der Waals surface area contributed by atoms with E-state index in [0.717, 1.165) is 16.3 Å². The predicted molar refractivity (Wildman–Crippen MR) is 160 cm³/mol. The molecule has 0 aliphatic heterocycles. The van der Waals surface area contributed by atoms with Crippen molar-refractivity contribution in [2.75, 3.05) is 31.6 Å². The smallest absolute Gasteiger partial charge is 0.264 e. The van der Waals surface area contributed by atoms with E-state index in [-0.39, 0.29) is 23.0 Å². The molecule has 0 fully saturated rings. The van der Waals surface area contributed by atoms with Crippen LogP contribution in [0.1, 0.15) is 31.4 Å². The maximum Gasteiger partial charge on any atom is 0.264 e. The summed E-state index contributed by atoms with van der Waals surface area (Å²) in [4.78, 5) is 28.3. The molecule has 1 atom stereocenters. The summed E-state index contributed by atoms with van der Waals surface area (Å²) in [7, 11) is -1.31. The van der Waals surface area contributed by atoms with E-state index >= 15 is 0 Å². The fraction of sp³-hybridized carbons (Fsp3) is 0.333. The van der Waals surface area contributed by atoms with Crippen LogP contribution in [0.3, 0.4) is 0 Å². The highest BCUT2D eigenvalue weighted by Crippen LogP contribution is 2.34. The zero-order valence-electron chi connectivity index (χ0n) is 23.9. The van der Waals surface area contributed by atoms with E-state index in [1.807, 2.05) is 13.8 Å². The second-order valence-electron chi connectivity index (χ2n) is 9.44. The highest BCUT2D eigenvalue weighted by Gasteiger charge is 2.33. The Kier molecular flexibility index (Phi) is 11.0. The molecule has 220 valence electrons. The number of anilines is 1. The summed E-state index contributed by atoms with van der Waals surface area (Å²) in [6.45, 7) is 5.25. The maximum atomic E-state index is 14.0. The fourth-order valence-corrected chi connectivity index (χ4v) is 5.74. The topological polar surface area (TPSA) is 105 Å². The van der Waals surface area contributed by atoms with Gasteiger partial charge < -0.3 is 19.7 Å². The number of amides is 2. The summed E-state index contributed by atoms with van der Waals surface area (Å²) in [6.07, 6.45) is 0.721. The van der Waals surface area contributed by atoms with Crippen LogP contribution in [0.15, 0.2) is 71.6 Å². The Morgan fingerprint density at radius 2 is 1.63 bits per heavy atom. The number of hydrogen-bond donors (Lipinski definition) is 1. The standard InChI is InChI=1S/C30H36ClN3O6S/c1-6-17-32-30(36)22(3)33(19-23-9-7-8-10-26(23)31)29(35)20-34(24-13-16-27(39-4)28(18-24)40-5)41(37,38)25-14-11-21(2)12-15-25/h7-16,18,22H,6,17,19-20H2,1-5H3,(H,32,36)/t22-/m0/s1. The molecule has 0 radical (unpaired) electrons. The second-order valence-corrected chi connectivity index (χ2v) is 11.7. The predicted octanol–water partition coefficient (Wildman–Crippen LogP) is 4.80. The van der Waals surface area contributed by atoms with E-state index in [1.54, 1.807) is 49.4 Å². The molecule has 0 aliphatic rings. The summed E-state index contributed by atoms with van der Waals surface area (Å²) >= 11 is 6.40. The van der Waals surface area contributed by atoms with Crippen molar-refractivity contribution >= 4 is 39.1 Å². The molecule has 0 saturated carbocycles. The Morgan fingerprint density at radius 3 is 2.24 bits per heavy atom. The van der Waals surface area contributed by atoms with Crippen LogP contribution in [0.5, 0.6) is 11.5 Å². The zero-order valence-corrected chi connectivity index (χ0v) is 25.5. The molecule has 2 amide bonds. The van der Waals surface area contributed by atoms with Crippen LogP contribution < -0.4 is 19.1 Å². The number of hydrogen-bond acceptors (Lipinski definition) is 6. The quantitative estimate of drug-likeness (QED) is 0.302. The highest BCUT2D eigenvalue weighted by molar-refractivity contribution is 7.92. The van der Waals surface area contributed by atoms with Gasteiger partial charge >= 0.3 is 0 Å². The fourth-order valence-electron chi connectivity index (χ4n) is 4.13. The molecule has 3 aromatic rings. The lowest BCUT2D eigenvalue weighted by molar-refractivity contribution is -0.139. The minimum absolute atomic E-state index is 0.00354. The molecule has 9 nitrogen and oxygen atoms in total. The zero-order chi connectivity index (χ0) is 30.2. The molecule has 0 unspecified atom stereocenters. The minimum Gasteiger partial charge on any atom is -0.493 e. The Balaban J connectivity index is 2.09. The largest absolute Gasteiger partial charge is 0.493 e. The first kappa shape index (κ1) is 31.8. The van der Waals surface area contributed by atoms with E-state index in [0.29, 0.717) is 28.6 Å². The first-order valence-corrected chi connectivity index (χ1v) is 15.0. The molecule has 0 heterocycles. The third-order valence-electron chi connectivity index (χ3n) is 6.56. The number of benzene rings is 3. The first-order chi connectivity index (χ1) is 19.5. The number of nitrogens with one attached hydrogen (secondary N) is 1. The van der Waals surface area contributed by atoms with Crippen LogP contribution in [0, 0.1) is 6.92 Å². The Labute approximate surface area is 247 Å².